The summed E-state index contributed by atoms with van der Waals surface area (Å²) in [6, 6.07) is 28.6. The lowest BCUT2D eigenvalue weighted by atomic mass is 9.87. The Hall–Kier alpha value is -4.45. The molecule has 4 aromatic carbocycles. The summed E-state index contributed by atoms with van der Waals surface area (Å²) in [5.74, 6) is -0.200. The van der Waals surface area contributed by atoms with Crippen molar-refractivity contribution in [3.8, 4) is 5.75 Å². The van der Waals surface area contributed by atoms with Crippen molar-refractivity contribution in [2.45, 2.75) is 19.4 Å². The van der Waals surface area contributed by atoms with E-state index in [2.05, 4.69) is 11.4 Å². The predicted molar refractivity (Wildman–Crippen MR) is 141 cm³/mol. The molecule has 5 nitrogen and oxygen atoms in total. The summed E-state index contributed by atoms with van der Waals surface area (Å²) in [5, 5.41) is 2.70. The Morgan fingerprint density at radius 2 is 1.73 bits per heavy atom. The Kier molecular flexibility index (Phi) is 6.99. The molecule has 1 aliphatic heterocycles. The van der Waals surface area contributed by atoms with Crippen molar-refractivity contribution in [3.05, 3.63) is 131 Å². The van der Waals surface area contributed by atoms with Crippen LogP contribution in [0.15, 0.2) is 97.1 Å². The van der Waals surface area contributed by atoms with Gasteiger partial charge in [-0.3, -0.25) is 9.59 Å². The van der Waals surface area contributed by atoms with Gasteiger partial charge < -0.3 is 15.0 Å². The van der Waals surface area contributed by atoms with Crippen LogP contribution in [0.25, 0.3) is 0 Å². The fraction of sp³-hybridized carbons (Fsp3) is 0.161. The molecule has 0 bridgehead atoms. The van der Waals surface area contributed by atoms with Gasteiger partial charge in [-0.25, -0.2) is 4.39 Å². The number of carbonyl (C=O) groups is 2. The molecule has 0 saturated heterocycles. The van der Waals surface area contributed by atoms with Crippen molar-refractivity contribution >= 4 is 17.5 Å². The second kappa shape index (κ2) is 10.7. The van der Waals surface area contributed by atoms with Gasteiger partial charge in [0.05, 0.1) is 6.04 Å². The molecule has 6 heteroatoms. The number of hydrogen-bond acceptors (Lipinski definition) is 3. The summed E-state index contributed by atoms with van der Waals surface area (Å²) in [6.07, 6.45) is 0.724. The number of halogens is 1. The number of nitrogens with zero attached hydrogens (tertiary/aromatic N) is 1. The zero-order chi connectivity index (χ0) is 25.8. The second-order valence-corrected chi connectivity index (χ2v) is 9.14. The number of anilines is 1. The minimum Gasteiger partial charge on any atom is -0.484 e. The number of rotatable bonds is 6. The molecule has 1 unspecified atom stereocenters. The molecule has 0 fully saturated rings. The third kappa shape index (κ3) is 5.54. The Bertz CT molecular complexity index is 1420. The molecular formula is C31H27FN2O3. The van der Waals surface area contributed by atoms with E-state index in [0.29, 0.717) is 23.5 Å². The molecule has 1 heterocycles. The van der Waals surface area contributed by atoms with Crippen LogP contribution in [-0.4, -0.2) is 29.9 Å². The summed E-state index contributed by atoms with van der Waals surface area (Å²) in [6.45, 7) is 2.44. The molecule has 186 valence electrons. The van der Waals surface area contributed by atoms with E-state index in [9.17, 15) is 14.0 Å². The van der Waals surface area contributed by atoms with Crippen LogP contribution in [0.5, 0.6) is 5.75 Å². The molecule has 0 spiro atoms. The summed E-state index contributed by atoms with van der Waals surface area (Å²) in [4.78, 5) is 27.9. The Balaban J connectivity index is 1.41. The number of amides is 2. The normalized spacial score (nSPS) is 14.5. The highest BCUT2D eigenvalue weighted by Gasteiger charge is 2.33. The molecule has 2 amide bonds. The van der Waals surface area contributed by atoms with Crippen LogP contribution >= 0.6 is 0 Å². The average molecular weight is 495 g/mol. The van der Waals surface area contributed by atoms with Crippen LogP contribution in [0, 0.1) is 12.7 Å². The van der Waals surface area contributed by atoms with Gasteiger partial charge in [-0.2, -0.15) is 0 Å². The van der Waals surface area contributed by atoms with Gasteiger partial charge in [0, 0.05) is 17.8 Å². The molecule has 37 heavy (non-hydrogen) atoms. The van der Waals surface area contributed by atoms with Crippen molar-refractivity contribution in [2.24, 2.45) is 0 Å². The highest BCUT2D eigenvalue weighted by molar-refractivity contribution is 5.95. The lowest BCUT2D eigenvalue weighted by Crippen LogP contribution is -2.40. The Labute approximate surface area is 215 Å². The van der Waals surface area contributed by atoms with Crippen molar-refractivity contribution < 1.29 is 18.7 Å². The first-order chi connectivity index (χ1) is 18.0. The topological polar surface area (TPSA) is 58.6 Å². The molecule has 4 aromatic rings. The fourth-order valence-corrected chi connectivity index (χ4v) is 4.73. The maximum atomic E-state index is 13.6. The number of aryl methyl sites for hydroxylation is 1. The largest absolute Gasteiger partial charge is 0.484 e. The lowest BCUT2D eigenvalue weighted by Gasteiger charge is -2.38. The molecule has 0 radical (unpaired) electrons. The molecule has 0 aromatic heterocycles. The predicted octanol–water partition coefficient (Wildman–Crippen LogP) is 5.94. The van der Waals surface area contributed by atoms with Gasteiger partial charge in [0.25, 0.3) is 11.8 Å². The fourth-order valence-electron chi connectivity index (χ4n) is 4.73. The van der Waals surface area contributed by atoms with Gasteiger partial charge in [-0.1, -0.05) is 54.1 Å². The summed E-state index contributed by atoms with van der Waals surface area (Å²) in [7, 11) is 0. The Morgan fingerprint density at radius 1 is 0.946 bits per heavy atom. The SMILES string of the molecule is Cc1cccc(C2c3cc(OCC(=O)Nc4ccc(F)cc4)ccc3CCN2C(=O)c2ccccc2)c1. The van der Waals surface area contributed by atoms with E-state index >= 15 is 0 Å². The molecule has 1 atom stereocenters. The maximum Gasteiger partial charge on any atom is 0.262 e. The van der Waals surface area contributed by atoms with Crippen LogP contribution < -0.4 is 10.1 Å². The zero-order valence-corrected chi connectivity index (χ0v) is 20.5. The lowest BCUT2D eigenvalue weighted by molar-refractivity contribution is -0.118. The van der Waals surface area contributed by atoms with Crippen molar-refractivity contribution in [1.82, 2.24) is 4.90 Å². The van der Waals surface area contributed by atoms with Crippen LogP contribution in [0.4, 0.5) is 10.1 Å². The van der Waals surface area contributed by atoms with Gasteiger partial charge in [-0.05, 0) is 78.6 Å². The number of nitrogens with one attached hydrogen (secondary N) is 1. The number of carbonyl (C=O) groups excluding carboxylic acids is 2. The highest BCUT2D eigenvalue weighted by atomic mass is 19.1. The van der Waals surface area contributed by atoms with E-state index in [1.54, 1.807) is 0 Å². The third-order valence-corrected chi connectivity index (χ3v) is 6.48. The Morgan fingerprint density at radius 3 is 2.49 bits per heavy atom. The minimum atomic E-state index is -0.369. The van der Waals surface area contributed by atoms with Gasteiger partial charge in [-0.15, -0.1) is 0 Å². The molecule has 5 rings (SSSR count). The van der Waals surface area contributed by atoms with E-state index in [-0.39, 0.29) is 30.3 Å². The molecule has 0 saturated carbocycles. The first-order valence-corrected chi connectivity index (χ1v) is 12.2. The average Bonchev–Trinajstić information content (AvgIpc) is 2.92. The highest BCUT2D eigenvalue weighted by Crippen LogP contribution is 2.38. The minimum absolute atomic E-state index is 0.0252. The first kappa shape index (κ1) is 24.3. The smallest absolute Gasteiger partial charge is 0.262 e. The second-order valence-electron chi connectivity index (χ2n) is 9.14. The van der Waals surface area contributed by atoms with Crippen molar-refractivity contribution in [2.75, 3.05) is 18.5 Å². The van der Waals surface area contributed by atoms with E-state index in [1.165, 1.54) is 24.3 Å². The number of ether oxygens (including phenoxy) is 1. The quantitative estimate of drug-likeness (QED) is 0.361. The number of benzene rings is 4. The number of hydrogen-bond donors (Lipinski definition) is 1. The van der Waals surface area contributed by atoms with Crippen molar-refractivity contribution in [3.63, 3.8) is 0 Å². The van der Waals surface area contributed by atoms with Crippen LogP contribution in [0.1, 0.15) is 38.7 Å². The van der Waals surface area contributed by atoms with E-state index in [4.69, 9.17) is 4.74 Å². The molecule has 1 N–H and O–H groups in total. The van der Waals surface area contributed by atoms with Gasteiger partial charge in [0.15, 0.2) is 6.61 Å². The van der Waals surface area contributed by atoms with Gasteiger partial charge in [0.2, 0.25) is 0 Å². The van der Waals surface area contributed by atoms with Gasteiger partial charge >= 0.3 is 0 Å². The standard InChI is InChI=1S/C31H27FN2O3/c1-21-6-5-9-24(18-21)30-28-19-27(37-20-29(35)33-26-13-11-25(32)12-14-26)15-10-22(28)16-17-34(30)31(36)23-7-3-2-4-8-23/h2-15,18-19,30H,16-17,20H2,1H3,(H,33,35). The number of fused-ring (bicyclic) bond motifs is 1. The van der Waals surface area contributed by atoms with E-state index in [1.807, 2.05) is 78.6 Å². The summed E-state index contributed by atoms with van der Waals surface area (Å²) < 4.78 is 18.9. The van der Waals surface area contributed by atoms with Crippen LogP contribution in [0.3, 0.4) is 0 Å². The van der Waals surface area contributed by atoms with Crippen LogP contribution in [0.2, 0.25) is 0 Å². The van der Waals surface area contributed by atoms with E-state index in [0.717, 1.165) is 28.7 Å². The molecule has 0 aliphatic carbocycles. The summed E-state index contributed by atoms with van der Waals surface area (Å²) >= 11 is 0. The van der Waals surface area contributed by atoms with Gasteiger partial charge in [0.1, 0.15) is 11.6 Å². The zero-order valence-electron chi connectivity index (χ0n) is 20.5. The summed E-state index contributed by atoms with van der Waals surface area (Å²) in [5.41, 5.74) is 5.41. The third-order valence-electron chi connectivity index (χ3n) is 6.48. The first-order valence-electron chi connectivity index (χ1n) is 12.2. The molecule has 1 aliphatic rings. The van der Waals surface area contributed by atoms with E-state index < -0.39 is 0 Å². The van der Waals surface area contributed by atoms with Crippen LogP contribution in [-0.2, 0) is 11.2 Å². The maximum absolute atomic E-state index is 13.6. The molecular weight excluding hydrogens is 467 g/mol. The monoisotopic (exact) mass is 494 g/mol. The van der Waals surface area contributed by atoms with Crippen molar-refractivity contribution in [1.29, 1.82) is 0 Å².